The van der Waals surface area contributed by atoms with Gasteiger partial charge in [0.25, 0.3) is 5.91 Å². The van der Waals surface area contributed by atoms with Gasteiger partial charge in [0.1, 0.15) is 0 Å². The number of sulfonamides is 1. The first kappa shape index (κ1) is 23.1. The van der Waals surface area contributed by atoms with Gasteiger partial charge in [0.15, 0.2) is 0 Å². The van der Waals surface area contributed by atoms with Crippen LogP contribution in [0.25, 0.3) is 5.13 Å². The fourth-order valence-corrected chi connectivity index (χ4v) is 5.55. The Morgan fingerprint density at radius 1 is 1.16 bits per heavy atom. The van der Waals surface area contributed by atoms with Crippen LogP contribution < -0.4 is 5.32 Å². The van der Waals surface area contributed by atoms with Crippen molar-refractivity contribution in [1.29, 1.82) is 0 Å². The van der Waals surface area contributed by atoms with Crippen LogP contribution in [0.3, 0.4) is 0 Å². The summed E-state index contributed by atoms with van der Waals surface area (Å²) in [5.41, 5.74) is 3.27. The average molecular weight is 462 g/mol. The Balaban J connectivity index is 1.57. The van der Waals surface area contributed by atoms with Crippen LogP contribution in [0.2, 0.25) is 0 Å². The molecule has 0 saturated carbocycles. The smallest absolute Gasteiger partial charge is 0.251 e. The molecule has 0 saturated heterocycles. The zero-order valence-corrected chi connectivity index (χ0v) is 19.8. The number of benzene rings is 1. The van der Waals surface area contributed by atoms with Crippen LogP contribution in [-0.4, -0.2) is 53.0 Å². The van der Waals surface area contributed by atoms with E-state index in [0.29, 0.717) is 31.6 Å². The maximum absolute atomic E-state index is 12.5. The minimum absolute atomic E-state index is 0.187. The first-order valence-corrected chi connectivity index (χ1v) is 12.4. The largest absolute Gasteiger partial charge is 0.352 e. The summed E-state index contributed by atoms with van der Waals surface area (Å²) in [5.74, 6) is -0.249. The van der Waals surface area contributed by atoms with Crippen LogP contribution in [-0.2, 0) is 16.4 Å². The van der Waals surface area contributed by atoms with E-state index in [0.717, 1.165) is 22.2 Å². The van der Waals surface area contributed by atoms with Crippen LogP contribution >= 0.6 is 11.3 Å². The molecular formula is C21H27N5O3S2. The normalized spacial score (nSPS) is 11.8. The topological polar surface area (TPSA) is 97.2 Å². The van der Waals surface area contributed by atoms with E-state index in [1.165, 1.54) is 39.9 Å². The molecule has 2 heterocycles. The van der Waals surface area contributed by atoms with Gasteiger partial charge in [-0.1, -0.05) is 13.8 Å². The molecule has 1 aromatic carbocycles. The van der Waals surface area contributed by atoms with Gasteiger partial charge in [-0.3, -0.25) is 4.79 Å². The zero-order valence-electron chi connectivity index (χ0n) is 18.1. The monoisotopic (exact) mass is 461 g/mol. The predicted molar refractivity (Wildman–Crippen MR) is 121 cm³/mol. The van der Waals surface area contributed by atoms with Gasteiger partial charge in [0, 0.05) is 42.7 Å². The van der Waals surface area contributed by atoms with E-state index in [2.05, 4.69) is 15.4 Å². The third-order valence-electron chi connectivity index (χ3n) is 4.86. The number of aromatic nitrogens is 3. The number of nitrogens with one attached hydrogen (secondary N) is 1. The summed E-state index contributed by atoms with van der Waals surface area (Å²) in [4.78, 5) is 17.2. The van der Waals surface area contributed by atoms with Gasteiger partial charge < -0.3 is 5.32 Å². The van der Waals surface area contributed by atoms with E-state index >= 15 is 0 Å². The van der Waals surface area contributed by atoms with Crippen LogP contribution in [0, 0.1) is 13.8 Å². The molecule has 3 rings (SSSR count). The number of rotatable bonds is 9. The summed E-state index contributed by atoms with van der Waals surface area (Å²) in [6.45, 7) is 8.76. The number of thiazole rings is 1. The third-order valence-corrected chi connectivity index (χ3v) is 7.79. The van der Waals surface area contributed by atoms with Crippen LogP contribution in [0.4, 0.5) is 0 Å². The molecular weight excluding hydrogens is 434 g/mol. The lowest BCUT2D eigenvalue weighted by atomic mass is 10.2. The summed E-state index contributed by atoms with van der Waals surface area (Å²) in [6, 6.07) is 8.03. The van der Waals surface area contributed by atoms with Crippen molar-refractivity contribution in [3.05, 3.63) is 58.4 Å². The molecule has 3 aromatic rings. The second-order valence-electron chi connectivity index (χ2n) is 7.08. The van der Waals surface area contributed by atoms with E-state index in [1.807, 2.05) is 30.0 Å². The molecule has 31 heavy (non-hydrogen) atoms. The van der Waals surface area contributed by atoms with E-state index in [9.17, 15) is 13.2 Å². The van der Waals surface area contributed by atoms with Crippen molar-refractivity contribution < 1.29 is 13.2 Å². The third kappa shape index (κ3) is 5.20. The minimum Gasteiger partial charge on any atom is -0.352 e. The van der Waals surface area contributed by atoms with Crippen molar-refractivity contribution in [2.24, 2.45) is 0 Å². The molecule has 1 N–H and O–H groups in total. The molecule has 8 nitrogen and oxygen atoms in total. The van der Waals surface area contributed by atoms with Crippen LogP contribution in [0.15, 0.2) is 40.6 Å². The number of carbonyl (C=O) groups is 1. The molecule has 0 unspecified atom stereocenters. The van der Waals surface area contributed by atoms with Crippen molar-refractivity contribution in [2.75, 3.05) is 19.6 Å². The highest BCUT2D eigenvalue weighted by Crippen LogP contribution is 2.18. The van der Waals surface area contributed by atoms with Gasteiger partial charge in [-0.25, -0.2) is 18.1 Å². The van der Waals surface area contributed by atoms with E-state index < -0.39 is 10.0 Å². The van der Waals surface area contributed by atoms with Crippen molar-refractivity contribution in [3.63, 3.8) is 0 Å². The Morgan fingerprint density at radius 2 is 1.84 bits per heavy atom. The summed E-state index contributed by atoms with van der Waals surface area (Å²) in [6.07, 6.45) is 0.593. The van der Waals surface area contributed by atoms with E-state index in [-0.39, 0.29) is 10.8 Å². The molecule has 2 aromatic heterocycles. The number of nitrogens with zero attached hydrogens (tertiary/aromatic N) is 4. The van der Waals surface area contributed by atoms with E-state index in [4.69, 9.17) is 0 Å². The number of hydrogen-bond donors (Lipinski definition) is 1. The average Bonchev–Trinajstić information content (AvgIpc) is 3.34. The first-order chi connectivity index (χ1) is 14.8. The van der Waals surface area contributed by atoms with Crippen molar-refractivity contribution >= 4 is 27.3 Å². The van der Waals surface area contributed by atoms with Gasteiger partial charge in [-0.2, -0.15) is 9.40 Å². The Kier molecular flexibility index (Phi) is 7.24. The Bertz CT molecular complexity index is 1150. The highest BCUT2D eigenvalue weighted by molar-refractivity contribution is 7.89. The molecule has 10 heteroatoms. The molecule has 0 aliphatic heterocycles. The van der Waals surface area contributed by atoms with Gasteiger partial charge >= 0.3 is 0 Å². The zero-order chi connectivity index (χ0) is 22.6. The maximum atomic E-state index is 12.5. The SMILES string of the molecule is CCN(CC)S(=O)(=O)c1ccc(C(=O)NCCc2csc(-n3nc(C)cc3C)n2)cc1. The van der Waals surface area contributed by atoms with Gasteiger partial charge in [0.2, 0.25) is 15.2 Å². The molecule has 0 atom stereocenters. The predicted octanol–water partition coefficient (Wildman–Crippen LogP) is 2.95. The van der Waals surface area contributed by atoms with Gasteiger partial charge in [0.05, 0.1) is 16.3 Å². The molecule has 0 aliphatic carbocycles. The lowest BCUT2D eigenvalue weighted by molar-refractivity contribution is 0.0954. The van der Waals surface area contributed by atoms with Crippen molar-refractivity contribution in [1.82, 2.24) is 24.4 Å². The van der Waals surface area contributed by atoms with Crippen LogP contribution in [0.5, 0.6) is 0 Å². The molecule has 0 aliphatic rings. The molecule has 0 spiro atoms. The fourth-order valence-electron chi connectivity index (χ4n) is 3.23. The maximum Gasteiger partial charge on any atom is 0.251 e. The highest BCUT2D eigenvalue weighted by atomic mass is 32.2. The Morgan fingerprint density at radius 3 is 2.42 bits per heavy atom. The highest BCUT2D eigenvalue weighted by Gasteiger charge is 2.21. The fraction of sp³-hybridized carbons (Fsp3) is 0.381. The summed E-state index contributed by atoms with van der Waals surface area (Å²) < 4.78 is 28.3. The molecule has 0 fully saturated rings. The quantitative estimate of drug-likeness (QED) is 0.528. The van der Waals surface area contributed by atoms with Crippen LogP contribution in [0.1, 0.15) is 41.3 Å². The number of carbonyl (C=O) groups excluding carboxylic acids is 1. The second kappa shape index (κ2) is 9.71. The Labute approximate surface area is 187 Å². The summed E-state index contributed by atoms with van der Waals surface area (Å²) in [7, 11) is -3.53. The number of amides is 1. The van der Waals surface area contributed by atoms with Gasteiger partial charge in [-0.05, 0) is 44.2 Å². The Hall–Kier alpha value is -2.56. The minimum atomic E-state index is -3.53. The second-order valence-corrected chi connectivity index (χ2v) is 9.85. The van der Waals surface area contributed by atoms with E-state index in [1.54, 1.807) is 13.8 Å². The van der Waals surface area contributed by atoms with Crippen molar-refractivity contribution in [2.45, 2.75) is 39.0 Å². The summed E-state index contributed by atoms with van der Waals surface area (Å²) >= 11 is 1.51. The number of aryl methyl sites for hydroxylation is 2. The lowest BCUT2D eigenvalue weighted by Crippen LogP contribution is -2.30. The lowest BCUT2D eigenvalue weighted by Gasteiger charge is -2.18. The standard InChI is InChI=1S/C21H27N5O3S2/c1-5-25(6-2)31(28,29)19-9-7-17(8-10-19)20(27)22-12-11-18-14-30-21(23-18)26-16(4)13-15(3)24-26/h7-10,13-14H,5-6,11-12H2,1-4H3,(H,22,27). The summed E-state index contributed by atoms with van der Waals surface area (Å²) in [5, 5.41) is 10.1. The first-order valence-electron chi connectivity index (χ1n) is 10.1. The number of hydrogen-bond acceptors (Lipinski definition) is 6. The van der Waals surface area contributed by atoms with Crippen molar-refractivity contribution in [3.8, 4) is 5.13 Å². The molecule has 166 valence electrons. The molecule has 0 bridgehead atoms. The molecule has 0 radical (unpaired) electrons. The molecule has 1 amide bonds. The van der Waals surface area contributed by atoms with Gasteiger partial charge in [-0.15, -0.1) is 11.3 Å².